The van der Waals surface area contributed by atoms with Crippen molar-refractivity contribution < 1.29 is 9.59 Å². The SMILES string of the molecule is O=C(NCc1nc(-c2ccncc2)n[nH]1)C1CCC(=O)N(C2CCCCCC2)C1. The number of hydrogen-bond donors (Lipinski definition) is 2. The Hall–Kier alpha value is -2.77. The topological polar surface area (TPSA) is 104 Å². The van der Waals surface area contributed by atoms with Crippen molar-refractivity contribution in [2.45, 2.75) is 64.0 Å². The van der Waals surface area contributed by atoms with Crippen LogP contribution in [0.25, 0.3) is 11.4 Å². The summed E-state index contributed by atoms with van der Waals surface area (Å²) in [5.74, 6) is 1.23. The highest BCUT2D eigenvalue weighted by molar-refractivity contribution is 5.84. The molecule has 0 spiro atoms. The number of carbonyl (C=O) groups excluding carboxylic acids is 2. The van der Waals surface area contributed by atoms with E-state index in [0.717, 1.165) is 18.4 Å². The van der Waals surface area contributed by atoms with Gasteiger partial charge in [0.05, 0.1) is 12.5 Å². The zero-order chi connectivity index (χ0) is 20.1. The Bertz CT molecular complexity index is 829. The lowest BCUT2D eigenvalue weighted by atomic mass is 9.93. The van der Waals surface area contributed by atoms with Crippen molar-refractivity contribution in [3.05, 3.63) is 30.4 Å². The van der Waals surface area contributed by atoms with E-state index >= 15 is 0 Å². The van der Waals surface area contributed by atoms with Gasteiger partial charge in [0, 0.05) is 37.0 Å². The van der Waals surface area contributed by atoms with Crippen molar-refractivity contribution in [3.8, 4) is 11.4 Å². The molecule has 1 saturated heterocycles. The summed E-state index contributed by atoms with van der Waals surface area (Å²) in [6.07, 6.45) is 11.5. The number of likely N-dealkylation sites (tertiary alicyclic amines) is 1. The number of piperidine rings is 1. The van der Waals surface area contributed by atoms with Gasteiger partial charge in [-0.2, -0.15) is 5.10 Å². The van der Waals surface area contributed by atoms with E-state index in [2.05, 4.69) is 25.5 Å². The number of nitrogens with one attached hydrogen (secondary N) is 2. The molecule has 2 amide bonds. The van der Waals surface area contributed by atoms with Gasteiger partial charge in [-0.25, -0.2) is 4.98 Å². The highest BCUT2D eigenvalue weighted by atomic mass is 16.2. The number of amides is 2. The van der Waals surface area contributed by atoms with Crippen molar-refractivity contribution in [3.63, 3.8) is 0 Å². The predicted octanol–water partition coefficient (Wildman–Crippen LogP) is 2.44. The molecule has 0 bridgehead atoms. The van der Waals surface area contributed by atoms with Gasteiger partial charge in [0.1, 0.15) is 5.82 Å². The second kappa shape index (κ2) is 9.15. The van der Waals surface area contributed by atoms with Crippen LogP contribution < -0.4 is 5.32 Å². The molecule has 8 heteroatoms. The van der Waals surface area contributed by atoms with Crippen molar-refractivity contribution in [1.29, 1.82) is 0 Å². The van der Waals surface area contributed by atoms with Gasteiger partial charge in [-0.05, 0) is 31.4 Å². The van der Waals surface area contributed by atoms with Crippen LogP contribution in [-0.2, 0) is 16.1 Å². The summed E-state index contributed by atoms with van der Waals surface area (Å²) in [6, 6.07) is 3.98. The molecule has 2 aromatic rings. The average Bonchev–Trinajstić information content (AvgIpc) is 3.07. The fraction of sp³-hybridized carbons (Fsp3) is 0.571. The van der Waals surface area contributed by atoms with Crippen LogP contribution in [0.2, 0.25) is 0 Å². The normalized spacial score (nSPS) is 21.0. The summed E-state index contributed by atoms with van der Waals surface area (Å²) < 4.78 is 0. The van der Waals surface area contributed by atoms with Gasteiger partial charge in [-0.1, -0.05) is 25.7 Å². The van der Waals surface area contributed by atoms with Crippen LogP contribution in [0.1, 0.15) is 57.2 Å². The summed E-state index contributed by atoms with van der Waals surface area (Å²) in [5, 5.41) is 10.0. The molecular formula is C21H28N6O2. The minimum absolute atomic E-state index is 0.0158. The molecule has 3 heterocycles. The van der Waals surface area contributed by atoms with Crippen LogP contribution in [0.5, 0.6) is 0 Å². The summed E-state index contributed by atoms with van der Waals surface area (Å²) in [5.41, 5.74) is 0.874. The number of nitrogens with zero attached hydrogens (tertiary/aromatic N) is 4. The molecule has 29 heavy (non-hydrogen) atoms. The van der Waals surface area contributed by atoms with Gasteiger partial charge in [-0.3, -0.25) is 19.7 Å². The van der Waals surface area contributed by atoms with Crippen molar-refractivity contribution >= 4 is 11.8 Å². The third-order valence-corrected chi connectivity index (χ3v) is 5.98. The van der Waals surface area contributed by atoms with Crippen molar-refractivity contribution in [1.82, 2.24) is 30.4 Å². The van der Waals surface area contributed by atoms with Gasteiger partial charge >= 0.3 is 0 Å². The molecule has 0 aromatic carbocycles. The molecule has 1 aliphatic carbocycles. The van der Waals surface area contributed by atoms with Crippen LogP contribution in [0.4, 0.5) is 0 Å². The smallest absolute Gasteiger partial charge is 0.225 e. The number of pyridine rings is 1. The van der Waals surface area contributed by atoms with E-state index in [9.17, 15) is 9.59 Å². The fourth-order valence-corrected chi connectivity index (χ4v) is 4.33. The molecule has 1 saturated carbocycles. The highest BCUT2D eigenvalue weighted by Crippen LogP contribution is 2.27. The second-order valence-corrected chi connectivity index (χ2v) is 7.99. The molecule has 1 aliphatic heterocycles. The Morgan fingerprint density at radius 3 is 2.66 bits per heavy atom. The minimum atomic E-state index is -0.154. The molecule has 8 nitrogen and oxygen atoms in total. The second-order valence-electron chi connectivity index (χ2n) is 7.99. The molecule has 2 fully saturated rings. The van der Waals surface area contributed by atoms with Gasteiger partial charge < -0.3 is 10.2 Å². The molecule has 2 aliphatic rings. The largest absolute Gasteiger partial charge is 0.349 e. The lowest BCUT2D eigenvalue weighted by Crippen LogP contribution is -2.49. The van der Waals surface area contributed by atoms with E-state index < -0.39 is 0 Å². The van der Waals surface area contributed by atoms with E-state index in [-0.39, 0.29) is 17.7 Å². The molecule has 4 rings (SSSR count). The first-order chi connectivity index (χ1) is 14.2. The lowest BCUT2D eigenvalue weighted by Gasteiger charge is -2.37. The Morgan fingerprint density at radius 2 is 1.90 bits per heavy atom. The van der Waals surface area contributed by atoms with E-state index in [1.165, 1.54) is 25.7 Å². The van der Waals surface area contributed by atoms with E-state index in [1.54, 1.807) is 12.4 Å². The minimum Gasteiger partial charge on any atom is -0.349 e. The summed E-state index contributed by atoms with van der Waals surface area (Å²) in [6.45, 7) is 0.832. The molecule has 0 radical (unpaired) electrons. The Balaban J connectivity index is 1.32. The van der Waals surface area contributed by atoms with Crippen LogP contribution in [0, 0.1) is 5.92 Å². The standard InChI is InChI=1S/C21H28N6O2/c28-19-8-7-16(14-27(19)17-5-3-1-2-4-6-17)21(29)23-13-18-24-20(26-25-18)15-9-11-22-12-10-15/h9-12,16-17H,1-8,13-14H2,(H,23,29)(H,24,25,26). The average molecular weight is 396 g/mol. The predicted molar refractivity (Wildman–Crippen MR) is 107 cm³/mol. The Kier molecular flexibility index (Phi) is 6.17. The lowest BCUT2D eigenvalue weighted by molar-refractivity contribution is -0.141. The zero-order valence-corrected chi connectivity index (χ0v) is 16.6. The first-order valence-electron chi connectivity index (χ1n) is 10.6. The first kappa shape index (κ1) is 19.5. The van der Waals surface area contributed by atoms with E-state index in [1.807, 2.05) is 17.0 Å². The van der Waals surface area contributed by atoms with Crippen LogP contribution >= 0.6 is 0 Å². The fourth-order valence-electron chi connectivity index (χ4n) is 4.33. The monoisotopic (exact) mass is 396 g/mol. The maximum atomic E-state index is 12.7. The molecule has 154 valence electrons. The number of aromatic amines is 1. The third kappa shape index (κ3) is 4.81. The van der Waals surface area contributed by atoms with Crippen LogP contribution in [0.15, 0.2) is 24.5 Å². The van der Waals surface area contributed by atoms with Gasteiger partial charge in [0.2, 0.25) is 11.8 Å². The van der Waals surface area contributed by atoms with Crippen molar-refractivity contribution in [2.24, 2.45) is 5.92 Å². The molecule has 1 atom stereocenters. The Morgan fingerprint density at radius 1 is 1.14 bits per heavy atom. The van der Waals surface area contributed by atoms with Gasteiger partial charge in [0.15, 0.2) is 5.82 Å². The van der Waals surface area contributed by atoms with Crippen molar-refractivity contribution in [2.75, 3.05) is 6.54 Å². The Labute approximate surface area is 170 Å². The maximum Gasteiger partial charge on any atom is 0.225 e. The summed E-state index contributed by atoms with van der Waals surface area (Å²) >= 11 is 0. The molecule has 2 aromatic heterocycles. The zero-order valence-electron chi connectivity index (χ0n) is 16.6. The van der Waals surface area contributed by atoms with Gasteiger partial charge in [-0.15, -0.1) is 0 Å². The number of carbonyl (C=O) groups is 2. The summed E-state index contributed by atoms with van der Waals surface area (Å²) in [7, 11) is 0. The molecule has 2 N–H and O–H groups in total. The van der Waals surface area contributed by atoms with E-state index in [0.29, 0.717) is 43.6 Å². The number of hydrogen-bond acceptors (Lipinski definition) is 5. The quantitative estimate of drug-likeness (QED) is 0.756. The summed E-state index contributed by atoms with van der Waals surface area (Å²) in [4.78, 5) is 35.6. The molecule has 1 unspecified atom stereocenters. The van der Waals surface area contributed by atoms with Crippen LogP contribution in [-0.4, -0.2) is 49.5 Å². The molecular weight excluding hydrogens is 368 g/mol. The first-order valence-corrected chi connectivity index (χ1v) is 10.6. The number of rotatable bonds is 5. The number of H-pyrrole nitrogens is 1. The third-order valence-electron chi connectivity index (χ3n) is 5.98. The van der Waals surface area contributed by atoms with Gasteiger partial charge in [0.25, 0.3) is 0 Å². The number of aromatic nitrogens is 4. The van der Waals surface area contributed by atoms with Crippen LogP contribution in [0.3, 0.4) is 0 Å². The van der Waals surface area contributed by atoms with E-state index in [4.69, 9.17) is 0 Å². The maximum absolute atomic E-state index is 12.7. The highest BCUT2D eigenvalue weighted by Gasteiger charge is 2.34.